The van der Waals surface area contributed by atoms with Gasteiger partial charge in [0.2, 0.25) is 0 Å². The van der Waals surface area contributed by atoms with E-state index in [4.69, 9.17) is 10.00 Å². The molecule has 0 saturated heterocycles. The molecule has 94 valence electrons. The number of ether oxygens (including phenoxy) is 1. The second kappa shape index (κ2) is 6.07. The molecule has 0 radical (unpaired) electrons. The third-order valence-corrected chi connectivity index (χ3v) is 3.63. The fourth-order valence-electron chi connectivity index (χ4n) is 1.57. The molecule has 0 aromatic heterocycles. The summed E-state index contributed by atoms with van der Waals surface area (Å²) >= 11 is 1.48. The van der Waals surface area contributed by atoms with Crippen LogP contribution in [-0.4, -0.2) is 13.4 Å². The van der Waals surface area contributed by atoms with E-state index < -0.39 is 0 Å². The van der Waals surface area contributed by atoms with Gasteiger partial charge in [-0.15, -0.1) is 0 Å². The molecule has 0 aliphatic rings. The lowest BCUT2D eigenvalue weighted by Gasteiger charge is -2.05. The van der Waals surface area contributed by atoms with Gasteiger partial charge >= 0.3 is 0 Å². The van der Waals surface area contributed by atoms with Crippen LogP contribution in [0.4, 0.5) is 0 Å². The predicted octanol–water partition coefficient (Wildman–Crippen LogP) is 3.53. The maximum Gasteiger partial charge on any atom is 0.150 e. The predicted molar refractivity (Wildman–Crippen MR) is 73.7 cm³/mol. The normalized spacial score (nSPS) is 9.68. The molecule has 0 atom stereocenters. The van der Waals surface area contributed by atoms with Gasteiger partial charge in [0.1, 0.15) is 18.1 Å². The molecule has 19 heavy (non-hydrogen) atoms. The van der Waals surface area contributed by atoms with Crippen molar-refractivity contribution in [2.75, 3.05) is 7.11 Å². The minimum atomic E-state index is 0.505. The van der Waals surface area contributed by atoms with Crippen LogP contribution in [0.25, 0.3) is 0 Å². The molecule has 0 spiro atoms. The van der Waals surface area contributed by atoms with Crippen LogP contribution in [0.3, 0.4) is 0 Å². The lowest BCUT2D eigenvalue weighted by Crippen LogP contribution is -1.86. The summed E-state index contributed by atoms with van der Waals surface area (Å²) in [4.78, 5) is 12.5. The highest BCUT2D eigenvalue weighted by molar-refractivity contribution is 7.99. The molecule has 0 fully saturated rings. The van der Waals surface area contributed by atoms with Gasteiger partial charge in [-0.05, 0) is 36.4 Å². The minimum Gasteiger partial charge on any atom is -0.497 e. The molecule has 4 heteroatoms. The van der Waals surface area contributed by atoms with E-state index in [0.29, 0.717) is 11.1 Å². The van der Waals surface area contributed by atoms with E-state index in [1.807, 2.05) is 24.3 Å². The number of aldehydes is 1. The van der Waals surface area contributed by atoms with E-state index in [1.54, 1.807) is 25.3 Å². The van der Waals surface area contributed by atoms with Crippen molar-refractivity contribution < 1.29 is 9.53 Å². The summed E-state index contributed by atoms with van der Waals surface area (Å²) < 4.78 is 5.09. The third kappa shape index (κ3) is 3.15. The zero-order valence-corrected chi connectivity index (χ0v) is 11.1. The number of nitriles is 1. The fourth-order valence-corrected chi connectivity index (χ4v) is 2.44. The Morgan fingerprint density at radius 2 is 1.95 bits per heavy atom. The molecule has 0 N–H and O–H groups in total. The molecular weight excluding hydrogens is 258 g/mol. The van der Waals surface area contributed by atoms with Gasteiger partial charge < -0.3 is 4.74 Å². The number of rotatable bonds is 4. The van der Waals surface area contributed by atoms with Crippen molar-refractivity contribution in [3.63, 3.8) is 0 Å². The van der Waals surface area contributed by atoms with Crippen molar-refractivity contribution in [1.29, 1.82) is 5.26 Å². The Kier molecular flexibility index (Phi) is 4.22. The van der Waals surface area contributed by atoms with Crippen LogP contribution >= 0.6 is 11.8 Å². The highest BCUT2D eigenvalue weighted by atomic mass is 32.2. The van der Waals surface area contributed by atoms with E-state index in [-0.39, 0.29) is 0 Å². The van der Waals surface area contributed by atoms with Crippen LogP contribution in [0.5, 0.6) is 5.75 Å². The molecule has 3 nitrogen and oxygen atoms in total. The number of hydrogen-bond acceptors (Lipinski definition) is 4. The first-order chi connectivity index (χ1) is 9.26. The van der Waals surface area contributed by atoms with E-state index in [1.165, 1.54) is 11.8 Å². The van der Waals surface area contributed by atoms with Crippen LogP contribution < -0.4 is 4.74 Å². The van der Waals surface area contributed by atoms with Crippen molar-refractivity contribution in [2.24, 2.45) is 0 Å². The van der Waals surface area contributed by atoms with Crippen molar-refractivity contribution in [3.05, 3.63) is 53.6 Å². The summed E-state index contributed by atoms with van der Waals surface area (Å²) in [5.74, 6) is 0.793. The zero-order chi connectivity index (χ0) is 13.7. The molecule has 0 aliphatic carbocycles. The Morgan fingerprint density at radius 3 is 2.53 bits per heavy atom. The van der Waals surface area contributed by atoms with Crippen LogP contribution in [0.15, 0.2) is 52.3 Å². The Hall–Kier alpha value is -2.25. The van der Waals surface area contributed by atoms with Gasteiger partial charge in [0.15, 0.2) is 0 Å². The summed E-state index contributed by atoms with van der Waals surface area (Å²) in [6, 6.07) is 14.8. The van der Waals surface area contributed by atoms with Gasteiger partial charge in [-0.3, -0.25) is 4.79 Å². The molecule has 0 aliphatic heterocycles. The second-order valence-electron chi connectivity index (χ2n) is 3.76. The highest BCUT2D eigenvalue weighted by Gasteiger charge is 2.05. The summed E-state index contributed by atoms with van der Waals surface area (Å²) in [5, 5.41) is 9.10. The number of hydrogen-bond donors (Lipinski definition) is 0. The third-order valence-electron chi connectivity index (χ3n) is 2.55. The number of benzene rings is 2. The van der Waals surface area contributed by atoms with Crippen LogP contribution in [-0.2, 0) is 0 Å². The highest BCUT2D eigenvalue weighted by Crippen LogP contribution is 2.31. The van der Waals surface area contributed by atoms with E-state index in [2.05, 4.69) is 6.07 Å². The molecule has 0 heterocycles. The number of nitrogens with zero attached hydrogens (tertiary/aromatic N) is 1. The van der Waals surface area contributed by atoms with E-state index >= 15 is 0 Å². The summed E-state index contributed by atoms with van der Waals surface area (Å²) in [5.41, 5.74) is 1.01. The summed E-state index contributed by atoms with van der Waals surface area (Å²) in [7, 11) is 1.62. The number of methoxy groups -OCH3 is 1. The topological polar surface area (TPSA) is 50.1 Å². The molecule has 2 aromatic rings. The number of carbonyl (C=O) groups is 1. The van der Waals surface area contributed by atoms with Crippen LogP contribution in [0, 0.1) is 11.3 Å². The SMILES string of the molecule is COc1ccc(Sc2ccc(C=O)cc2C#N)cc1. The van der Waals surface area contributed by atoms with Crippen LogP contribution in [0.2, 0.25) is 0 Å². The van der Waals surface area contributed by atoms with Gasteiger partial charge in [-0.2, -0.15) is 5.26 Å². The molecule has 0 bridgehead atoms. The van der Waals surface area contributed by atoms with Crippen molar-refractivity contribution in [3.8, 4) is 11.8 Å². The maximum absolute atomic E-state index is 10.7. The van der Waals surface area contributed by atoms with Gasteiger partial charge in [0, 0.05) is 15.4 Å². The first-order valence-electron chi connectivity index (χ1n) is 5.58. The van der Waals surface area contributed by atoms with Gasteiger partial charge in [0.25, 0.3) is 0 Å². The Bertz CT molecular complexity index is 630. The largest absolute Gasteiger partial charge is 0.497 e. The monoisotopic (exact) mass is 269 g/mol. The summed E-state index contributed by atoms with van der Waals surface area (Å²) in [6.07, 6.45) is 0.739. The summed E-state index contributed by atoms with van der Waals surface area (Å²) in [6.45, 7) is 0. The van der Waals surface area contributed by atoms with Gasteiger partial charge in [-0.1, -0.05) is 17.8 Å². The fraction of sp³-hybridized carbons (Fsp3) is 0.0667. The standard InChI is InChI=1S/C15H11NO2S/c1-18-13-3-5-14(6-4-13)19-15-7-2-11(10-17)8-12(15)9-16/h2-8,10H,1H3. The second-order valence-corrected chi connectivity index (χ2v) is 4.88. The minimum absolute atomic E-state index is 0.505. The molecule has 2 aromatic carbocycles. The quantitative estimate of drug-likeness (QED) is 0.797. The first kappa shape index (κ1) is 13.2. The van der Waals surface area contributed by atoms with Crippen molar-refractivity contribution in [1.82, 2.24) is 0 Å². The Balaban J connectivity index is 2.27. The average Bonchev–Trinajstić information content (AvgIpc) is 2.48. The molecule has 2 rings (SSSR count). The van der Waals surface area contributed by atoms with Crippen molar-refractivity contribution >= 4 is 18.0 Å². The lowest BCUT2D eigenvalue weighted by molar-refractivity contribution is 0.112. The molecule has 0 unspecified atom stereocenters. The van der Waals surface area contributed by atoms with E-state index in [9.17, 15) is 4.79 Å². The Morgan fingerprint density at radius 1 is 1.21 bits per heavy atom. The lowest BCUT2D eigenvalue weighted by atomic mass is 10.1. The molecule has 0 saturated carbocycles. The van der Waals surface area contributed by atoms with Gasteiger partial charge in [-0.25, -0.2) is 0 Å². The Labute approximate surface area is 115 Å². The smallest absolute Gasteiger partial charge is 0.150 e. The van der Waals surface area contributed by atoms with Crippen molar-refractivity contribution in [2.45, 2.75) is 9.79 Å². The molecule has 0 amide bonds. The zero-order valence-electron chi connectivity index (χ0n) is 10.3. The average molecular weight is 269 g/mol. The number of carbonyl (C=O) groups excluding carboxylic acids is 1. The van der Waals surface area contributed by atoms with Gasteiger partial charge in [0.05, 0.1) is 12.7 Å². The molecular formula is C15H11NO2S. The van der Waals surface area contributed by atoms with E-state index in [0.717, 1.165) is 21.8 Å². The van der Waals surface area contributed by atoms with Crippen LogP contribution in [0.1, 0.15) is 15.9 Å². The maximum atomic E-state index is 10.7. The first-order valence-corrected chi connectivity index (χ1v) is 6.39.